The monoisotopic (exact) mass is 549 g/mol. The van der Waals surface area contributed by atoms with Crippen molar-refractivity contribution in [2.45, 2.75) is 71.1 Å². The molecule has 33 heavy (non-hydrogen) atoms. The largest absolute Gasteiger partial charge is 0.458 e. The maximum Gasteiger partial charge on any atom is 0.408 e. The van der Waals surface area contributed by atoms with E-state index in [2.05, 4.69) is 26.2 Å². The average Bonchev–Trinajstić information content (AvgIpc) is 3.09. The molecule has 1 amide bonds. The van der Waals surface area contributed by atoms with Gasteiger partial charge in [-0.1, -0.05) is 29.8 Å². The Morgan fingerprint density at radius 2 is 2.06 bits per heavy atom. The summed E-state index contributed by atoms with van der Waals surface area (Å²) in [5.41, 5.74) is -1.70. The molecule has 1 saturated heterocycles. The third-order valence-electron chi connectivity index (χ3n) is 4.74. The number of alkyl halides is 1. The van der Waals surface area contributed by atoms with E-state index in [9.17, 15) is 19.2 Å². The van der Waals surface area contributed by atoms with E-state index in [1.54, 1.807) is 34.6 Å². The summed E-state index contributed by atoms with van der Waals surface area (Å²) in [4.78, 5) is 53.0. The lowest BCUT2D eigenvalue weighted by molar-refractivity contribution is -0.155. The van der Waals surface area contributed by atoms with E-state index in [1.807, 2.05) is 0 Å². The first kappa shape index (κ1) is 27.1. The molecule has 1 aromatic rings. The number of aromatic amines is 1. The number of aromatic nitrogens is 2. The Labute approximate surface area is 204 Å². The summed E-state index contributed by atoms with van der Waals surface area (Å²) >= 11 is 9.11. The van der Waals surface area contributed by atoms with Gasteiger partial charge < -0.3 is 19.5 Å². The first-order valence-corrected chi connectivity index (χ1v) is 11.8. The molecule has 1 aromatic heterocycles. The summed E-state index contributed by atoms with van der Waals surface area (Å²) in [6, 6.07) is -0.957. The highest BCUT2D eigenvalue weighted by Gasteiger charge is 2.40. The predicted molar refractivity (Wildman–Crippen MR) is 126 cm³/mol. The summed E-state index contributed by atoms with van der Waals surface area (Å²) in [6.45, 7) is 8.67. The summed E-state index contributed by atoms with van der Waals surface area (Å²) in [5.74, 6) is -0.943. The first-order chi connectivity index (χ1) is 15.4. The van der Waals surface area contributed by atoms with Crippen LogP contribution in [0.4, 0.5) is 4.79 Å². The molecule has 1 aliphatic rings. The van der Waals surface area contributed by atoms with Crippen LogP contribution in [0.15, 0.2) is 20.8 Å². The fourth-order valence-electron chi connectivity index (χ4n) is 3.19. The van der Waals surface area contributed by atoms with E-state index in [0.29, 0.717) is 0 Å². The molecule has 0 saturated carbocycles. The first-order valence-electron chi connectivity index (χ1n) is 10.4. The van der Waals surface area contributed by atoms with Gasteiger partial charge in [-0.05, 0) is 37.8 Å². The van der Waals surface area contributed by atoms with Gasteiger partial charge in [0.25, 0.3) is 5.56 Å². The second kappa shape index (κ2) is 11.3. The molecule has 0 aliphatic carbocycles. The summed E-state index contributed by atoms with van der Waals surface area (Å²) < 4.78 is 17.9. The third kappa shape index (κ3) is 7.44. The molecule has 0 spiro atoms. The van der Waals surface area contributed by atoms with Gasteiger partial charge in [-0.25, -0.2) is 14.4 Å². The van der Waals surface area contributed by atoms with Crippen LogP contribution in [0.5, 0.6) is 0 Å². The number of hydrogen-bond acceptors (Lipinski definition) is 7. The Balaban J connectivity index is 2.18. The quantitative estimate of drug-likeness (QED) is 0.394. The highest BCUT2D eigenvalue weighted by molar-refractivity contribution is 9.11. The van der Waals surface area contributed by atoms with E-state index in [-0.39, 0.29) is 23.8 Å². The van der Waals surface area contributed by atoms with Gasteiger partial charge in [0.1, 0.15) is 30.1 Å². The van der Waals surface area contributed by atoms with E-state index in [1.165, 1.54) is 21.8 Å². The number of carbonyl (C=O) groups is 2. The SMILES string of the molecule is CC(C)[C@H](NC(=O)OC(C)(C)C)C(=O)O[C@H]1C[C@H](n2cc(C=CBr)c(=O)[nH]c2=O)O[C@@H]1CCl. The normalized spacial score (nSPS) is 21.9. The second-order valence-corrected chi connectivity index (χ2v) is 9.74. The Bertz CT molecular complexity index is 999. The minimum absolute atomic E-state index is 0.00650. The molecular weight excluding hydrogens is 522 g/mol. The van der Waals surface area contributed by atoms with Crippen molar-refractivity contribution in [2.75, 3.05) is 5.88 Å². The van der Waals surface area contributed by atoms with Gasteiger partial charge >= 0.3 is 17.8 Å². The van der Waals surface area contributed by atoms with Crippen molar-refractivity contribution >= 4 is 45.7 Å². The van der Waals surface area contributed by atoms with Crippen molar-refractivity contribution in [3.63, 3.8) is 0 Å². The predicted octanol–water partition coefficient (Wildman–Crippen LogP) is 2.89. The Morgan fingerprint density at radius 1 is 1.39 bits per heavy atom. The van der Waals surface area contributed by atoms with Crippen molar-refractivity contribution < 1.29 is 23.8 Å². The van der Waals surface area contributed by atoms with Gasteiger partial charge in [-0.3, -0.25) is 14.3 Å². The van der Waals surface area contributed by atoms with Crippen molar-refractivity contribution in [3.05, 3.63) is 37.6 Å². The van der Waals surface area contributed by atoms with E-state index in [4.69, 9.17) is 25.8 Å². The van der Waals surface area contributed by atoms with E-state index in [0.717, 1.165) is 0 Å². The van der Waals surface area contributed by atoms with Crippen molar-refractivity contribution in [1.82, 2.24) is 14.9 Å². The van der Waals surface area contributed by atoms with Gasteiger partial charge in [0.2, 0.25) is 0 Å². The van der Waals surface area contributed by atoms with E-state index >= 15 is 0 Å². The van der Waals surface area contributed by atoms with Crippen LogP contribution in [0.1, 0.15) is 52.8 Å². The summed E-state index contributed by atoms with van der Waals surface area (Å²) in [5, 5.41) is 2.54. The molecule has 2 rings (SSSR count). The van der Waals surface area contributed by atoms with Gasteiger partial charge in [-0.2, -0.15) is 0 Å². The molecule has 184 valence electrons. The molecule has 0 unspecified atom stereocenters. The topological polar surface area (TPSA) is 129 Å². The van der Waals surface area contributed by atoms with Gasteiger partial charge in [0.15, 0.2) is 0 Å². The number of carbonyl (C=O) groups excluding carboxylic acids is 2. The fourth-order valence-corrected chi connectivity index (χ4v) is 3.75. The van der Waals surface area contributed by atoms with Crippen molar-refractivity contribution in [3.8, 4) is 0 Å². The van der Waals surface area contributed by atoms with Crippen molar-refractivity contribution in [2.24, 2.45) is 5.92 Å². The van der Waals surface area contributed by atoms with Crippen LogP contribution in [0, 0.1) is 5.92 Å². The molecule has 12 heteroatoms. The van der Waals surface area contributed by atoms with Crippen LogP contribution < -0.4 is 16.6 Å². The Hall–Kier alpha value is -2.11. The molecule has 10 nitrogen and oxygen atoms in total. The summed E-state index contributed by atoms with van der Waals surface area (Å²) in [7, 11) is 0. The Kier molecular flexibility index (Phi) is 9.33. The molecule has 4 atom stereocenters. The van der Waals surface area contributed by atoms with Gasteiger partial charge in [0, 0.05) is 12.6 Å². The lowest BCUT2D eigenvalue weighted by Gasteiger charge is -2.26. The molecule has 1 aliphatic heterocycles. The van der Waals surface area contributed by atoms with Crippen LogP contribution in [0.3, 0.4) is 0 Å². The number of alkyl carbamates (subject to hydrolysis) is 1. The smallest absolute Gasteiger partial charge is 0.408 e. The lowest BCUT2D eigenvalue weighted by atomic mass is 10.0. The highest BCUT2D eigenvalue weighted by Crippen LogP contribution is 2.31. The zero-order chi connectivity index (χ0) is 24.9. The number of esters is 1. The minimum Gasteiger partial charge on any atom is -0.458 e. The maximum atomic E-state index is 12.9. The van der Waals surface area contributed by atoms with Crippen LogP contribution in [-0.2, 0) is 19.0 Å². The zero-order valence-corrected chi connectivity index (χ0v) is 21.4. The number of H-pyrrole nitrogens is 1. The fraction of sp³-hybridized carbons (Fsp3) is 0.619. The van der Waals surface area contributed by atoms with Crippen LogP contribution >= 0.6 is 27.5 Å². The van der Waals surface area contributed by atoms with Crippen LogP contribution in [0.25, 0.3) is 6.08 Å². The number of amides is 1. The lowest BCUT2D eigenvalue weighted by Crippen LogP contribution is -2.48. The van der Waals surface area contributed by atoms with Crippen LogP contribution in [0.2, 0.25) is 0 Å². The average molecular weight is 551 g/mol. The zero-order valence-electron chi connectivity index (χ0n) is 19.1. The van der Waals surface area contributed by atoms with Gasteiger partial charge in [0.05, 0.1) is 11.4 Å². The van der Waals surface area contributed by atoms with E-state index < -0.39 is 53.4 Å². The standard InChI is InChI=1S/C21H29BrClN3O7/c1-11(2)16(24-20(30)33-21(3,4)5)18(28)32-13-8-15(31-14(13)9-23)26-10-12(6-7-22)17(27)25-19(26)29/h6-7,10-11,13-16H,8-9H2,1-5H3,(H,24,30)(H,25,27,29)/t13-,14+,15+,16-/m0/s1. The molecule has 2 N–H and O–H groups in total. The third-order valence-corrected chi connectivity index (χ3v) is 5.31. The number of ether oxygens (including phenoxy) is 3. The molecule has 1 fully saturated rings. The number of halogens is 2. The van der Waals surface area contributed by atoms with Crippen molar-refractivity contribution in [1.29, 1.82) is 0 Å². The molecule has 2 heterocycles. The van der Waals surface area contributed by atoms with Crippen LogP contribution in [-0.4, -0.2) is 51.3 Å². The van der Waals surface area contributed by atoms with Gasteiger partial charge in [-0.15, -0.1) is 11.6 Å². The Morgan fingerprint density at radius 3 is 2.61 bits per heavy atom. The molecular formula is C21H29BrClN3O7. The number of rotatable bonds is 7. The molecule has 0 aromatic carbocycles. The maximum absolute atomic E-state index is 12.9. The second-order valence-electron chi connectivity index (χ2n) is 8.91. The summed E-state index contributed by atoms with van der Waals surface area (Å²) in [6.07, 6.45) is -0.0336. The minimum atomic E-state index is -0.957. The molecule has 0 radical (unpaired) electrons. The highest BCUT2D eigenvalue weighted by atomic mass is 79.9. The number of nitrogens with zero attached hydrogens (tertiary/aromatic N) is 1. The molecule has 0 bridgehead atoms. The number of nitrogens with one attached hydrogen (secondary N) is 2. The number of hydrogen-bond donors (Lipinski definition) is 2.